The summed E-state index contributed by atoms with van der Waals surface area (Å²) >= 11 is 0. The van der Waals surface area contributed by atoms with E-state index in [0.29, 0.717) is 37.0 Å². The van der Waals surface area contributed by atoms with Gasteiger partial charge < -0.3 is 24.3 Å². The lowest BCUT2D eigenvalue weighted by Crippen LogP contribution is -2.20. The van der Waals surface area contributed by atoms with Crippen molar-refractivity contribution in [2.45, 2.75) is 6.92 Å². The molecule has 146 valence electrons. The third kappa shape index (κ3) is 5.51. The molecule has 0 atom stereocenters. The summed E-state index contributed by atoms with van der Waals surface area (Å²) in [6, 6.07) is 12.3. The van der Waals surface area contributed by atoms with Crippen LogP contribution in [-0.4, -0.2) is 38.3 Å². The minimum Gasteiger partial charge on any atom is -0.494 e. The molecule has 1 aliphatic rings. The van der Waals surface area contributed by atoms with Crippen molar-refractivity contribution in [1.82, 2.24) is 0 Å². The number of hydrogen-bond donors (Lipinski definition) is 1. The van der Waals surface area contributed by atoms with Crippen molar-refractivity contribution in [1.29, 1.82) is 0 Å². The first-order valence-electron chi connectivity index (χ1n) is 8.91. The highest BCUT2D eigenvalue weighted by Gasteiger charge is 2.11. The molecule has 7 heteroatoms. The van der Waals surface area contributed by atoms with E-state index in [1.807, 2.05) is 6.92 Å². The van der Waals surface area contributed by atoms with Gasteiger partial charge in [0.2, 0.25) is 0 Å². The molecule has 0 radical (unpaired) electrons. The third-order valence-corrected chi connectivity index (χ3v) is 3.77. The van der Waals surface area contributed by atoms with E-state index in [9.17, 15) is 9.59 Å². The lowest BCUT2D eigenvalue weighted by atomic mass is 10.2. The first kappa shape index (κ1) is 19.3. The fourth-order valence-corrected chi connectivity index (χ4v) is 2.51. The summed E-state index contributed by atoms with van der Waals surface area (Å²) in [6.07, 6.45) is 2.85. The molecule has 3 rings (SSSR count). The van der Waals surface area contributed by atoms with Crippen LogP contribution < -0.4 is 19.5 Å². The topological polar surface area (TPSA) is 83.1 Å². The highest BCUT2D eigenvalue weighted by atomic mass is 16.6. The number of rotatable bonds is 7. The van der Waals surface area contributed by atoms with E-state index in [-0.39, 0.29) is 6.61 Å². The van der Waals surface area contributed by atoms with Crippen LogP contribution in [0.4, 0.5) is 5.69 Å². The minimum atomic E-state index is -0.614. The molecular weight excluding hydrogens is 362 g/mol. The molecule has 28 heavy (non-hydrogen) atoms. The van der Waals surface area contributed by atoms with E-state index >= 15 is 0 Å². The maximum absolute atomic E-state index is 11.9. The van der Waals surface area contributed by atoms with Crippen LogP contribution in [0.5, 0.6) is 17.2 Å². The third-order valence-electron chi connectivity index (χ3n) is 3.77. The van der Waals surface area contributed by atoms with Gasteiger partial charge in [0.05, 0.1) is 6.61 Å². The number of amides is 1. The molecule has 0 aliphatic carbocycles. The number of esters is 1. The zero-order valence-corrected chi connectivity index (χ0v) is 15.5. The normalized spacial score (nSPS) is 12.5. The average molecular weight is 383 g/mol. The zero-order chi connectivity index (χ0) is 19.8. The SMILES string of the molecule is CCOc1ccc(NC(=O)COC(=O)C=Cc2ccc3c(c2)OCCO3)cc1. The van der Waals surface area contributed by atoms with Gasteiger partial charge in [0, 0.05) is 11.8 Å². The van der Waals surface area contributed by atoms with Crippen LogP contribution in [0.15, 0.2) is 48.5 Å². The Balaban J connectivity index is 1.45. The Morgan fingerprint density at radius 1 is 1.07 bits per heavy atom. The second kappa shape index (κ2) is 9.45. The van der Waals surface area contributed by atoms with Crippen molar-refractivity contribution in [2.24, 2.45) is 0 Å². The predicted molar refractivity (Wildman–Crippen MR) is 104 cm³/mol. The number of hydrogen-bond acceptors (Lipinski definition) is 6. The van der Waals surface area contributed by atoms with Gasteiger partial charge >= 0.3 is 5.97 Å². The highest BCUT2D eigenvalue weighted by molar-refractivity contribution is 5.94. The molecule has 0 unspecified atom stereocenters. The maximum atomic E-state index is 11.9. The first-order chi connectivity index (χ1) is 13.6. The molecule has 1 N–H and O–H groups in total. The lowest BCUT2D eigenvalue weighted by molar-refractivity contribution is -0.142. The first-order valence-corrected chi connectivity index (χ1v) is 8.91. The van der Waals surface area contributed by atoms with Crippen LogP contribution in [0.3, 0.4) is 0 Å². The van der Waals surface area contributed by atoms with E-state index < -0.39 is 11.9 Å². The van der Waals surface area contributed by atoms with Crippen molar-refractivity contribution in [2.75, 3.05) is 31.7 Å². The fourth-order valence-electron chi connectivity index (χ4n) is 2.51. The molecule has 0 saturated heterocycles. The van der Waals surface area contributed by atoms with Crippen LogP contribution in [0.25, 0.3) is 6.08 Å². The molecule has 1 heterocycles. The van der Waals surface area contributed by atoms with Crippen molar-refractivity contribution >= 4 is 23.6 Å². The fraction of sp³-hybridized carbons (Fsp3) is 0.238. The van der Waals surface area contributed by atoms with E-state index in [2.05, 4.69) is 5.32 Å². The minimum absolute atomic E-state index is 0.377. The van der Waals surface area contributed by atoms with E-state index in [4.69, 9.17) is 18.9 Å². The molecule has 7 nitrogen and oxygen atoms in total. The standard InChI is InChI=1S/C21H21NO6/c1-2-25-17-7-5-16(6-8-17)22-20(23)14-28-21(24)10-4-15-3-9-18-19(13-15)27-12-11-26-18/h3-10,13H,2,11-12,14H2,1H3,(H,22,23). The van der Waals surface area contributed by atoms with Gasteiger partial charge in [0.25, 0.3) is 5.91 Å². The van der Waals surface area contributed by atoms with Gasteiger partial charge in [-0.1, -0.05) is 6.07 Å². The van der Waals surface area contributed by atoms with Crippen molar-refractivity contribution < 1.29 is 28.5 Å². The molecule has 0 bridgehead atoms. The number of nitrogens with one attached hydrogen (secondary N) is 1. The summed E-state index contributed by atoms with van der Waals surface area (Å²) in [7, 11) is 0. The molecule has 1 amide bonds. The van der Waals surface area contributed by atoms with Gasteiger partial charge in [0.15, 0.2) is 18.1 Å². The van der Waals surface area contributed by atoms with E-state index in [1.165, 1.54) is 6.08 Å². The van der Waals surface area contributed by atoms with Gasteiger partial charge in [-0.25, -0.2) is 4.79 Å². The Bertz CT molecular complexity index is 860. The van der Waals surface area contributed by atoms with Crippen molar-refractivity contribution in [3.63, 3.8) is 0 Å². The summed E-state index contributed by atoms with van der Waals surface area (Å²) in [4.78, 5) is 23.7. The van der Waals surface area contributed by atoms with Gasteiger partial charge in [-0.3, -0.25) is 4.79 Å². The van der Waals surface area contributed by atoms with Crippen molar-refractivity contribution in [3.8, 4) is 17.2 Å². The Labute approximate surface area is 162 Å². The molecule has 1 aliphatic heterocycles. The summed E-state index contributed by atoms with van der Waals surface area (Å²) in [5.74, 6) is 0.992. The molecular formula is C21H21NO6. The van der Waals surface area contributed by atoms with Crippen LogP contribution in [0.2, 0.25) is 0 Å². The number of ether oxygens (including phenoxy) is 4. The molecule has 0 spiro atoms. The Hall–Kier alpha value is -3.48. The quantitative estimate of drug-likeness (QED) is 0.584. The van der Waals surface area contributed by atoms with Crippen molar-refractivity contribution in [3.05, 3.63) is 54.1 Å². The van der Waals surface area contributed by atoms with Crippen LogP contribution in [0.1, 0.15) is 12.5 Å². The Morgan fingerprint density at radius 2 is 1.82 bits per heavy atom. The van der Waals surface area contributed by atoms with Gasteiger partial charge in [-0.2, -0.15) is 0 Å². The Morgan fingerprint density at radius 3 is 2.57 bits per heavy atom. The van der Waals surface area contributed by atoms with Gasteiger partial charge in [-0.15, -0.1) is 0 Å². The van der Waals surface area contributed by atoms with Gasteiger partial charge in [-0.05, 0) is 55.0 Å². The smallest absolute Gasteiger partial charge is 0.331 e. The number of anilines is 1. The molecule has 2 aromatic carbocycles. The second-order valence-corrected chi connectivity index (χ2v) is 5.85. The van der Waals surface area contributed by atoms with Crippen LogP contribution in [-0.2, 0) is 14.3 Å². The summed E-state index contributed by atoms with van der Waals surface area (Å²) in [5, 5.41) is 2.65. The summed E-state index contributed by atoms with van der Waals surface area (Å²) in [5.41, 5.74) is 1.36. The Kier molecular flexibility index (Phi) is 6.51. The van der Waals surface area contributed by atoms with E-state index in [0.717, 1.165) is 11.3 Å². The van der Waals surface area contributed by atoms with E-state index in [1.54, 1.807) is 48.5 Å². The largest absolute Gasteiger partial charge is 0.494 e. The number of carbonyl (C=O) groups is 2. The number of fused-ring (bicyclic) bond motifs is 1. The van der Waals surface area contributed by atoms with Gasteiger partial charge in [0.1, 0.15) is 19.0 Å². The monoisotopic (exact) mass is 383 g/mol. The number of carbonyl (C=O) groups excluding carboxylic acids is 2. The number of benzene rings is 2. The summed E-state index contributed by atoms with van der Waals surface area (Å²) in [6.45, 7) is 3.10. The van der Waals surface area contributed by atoms with Crippen LogP contribution in [0, 0.1) is 0 Å². The molecule has 2 aromatic rings. The second-order valence-electron chi connectivity index (χ2n) is 5.85. The zero-order valence-electron chi connectivity index (χ0n) is 15.5. The molecule has 0 aromatic heterocycles. The highest BCUT2D eigenvalue weighted by Crippen LogP contribution is 2.31. The maximum Gasteiger partial charge on any atom is 0.331 e. The lowest BCUT2D eigenvalue weighted by Gasteiger charge is -2.18. The molecule has 0 fully saturated rings. The molecule has 0 saturated carbocycles. The van der Waals surface area contributed by atoms with Crippen LogP contribution >= 0.6 is 0 Å². The average Bonchev–Trinajstić information content (AvgIpc) is 2.72. The summed E-state index contributed by atoms with van der Waals surface area (Å²) < 4.78 is 21.2. The predicted octanol–water partition coefficient (Wildman–Crippen LogP) is 3.05.